The van der Waals surface area contributed by atoms with Gasteiger partial charge < -0.3 is 0 Å². The molecule has 6 nitrogen and oxygen atoms in total. The quantitative estimate of drug-likeness (QED) is 0.739. The van der Waals surface area contributed by atoms with Gasteiger partial charge in [0, 0.05) is 24.7 Å². The van der Waals surface area contributed by atoms with Crippen LogP contribution in [0.15, 0.2) is 53.6 Å². The normalized spacial score (nSPS) is 24.7. The van der Waals surface area contributed by atoms with Crippen LogP contribution in [0.2, 0.25) is 0 Å². The summed E-state index contributed by atoms with van der Waals surface area (Å²) in [5, 5.41) is 4.64. The zero-order chi connectivity index (χ0) is 16.8. The molecule has 1 fully saturated rings. The van der Waals surface area contributed by atoms with Crippen molar-refractivity contribution in [1.82, 2.24) is 24.3 Å². The van der Waals surface area contributed by atoms with Crippen LogP contribution < -0.4 is 5.69 Å². The summed E-state index contributed by atoms with van der Waals surface area (Å²) < 4.78 is 3.59. The van der Waals surface area contributed by atoms with Crippen molar-refractivity contribution >= 4 is 0 Å². The number of aromatic nitrogens is 5. The number of rotatable bonds is 3. The Hall–Kier alpha value is -2.76. The van der Waals surface area contributed by atoms with E-state index in [0.717, 1.165) is 37.3 Å². The Bertz CT molecular complexity index is 941. The molecule has 1 atom stereocenters. The Morgan fingerprint density at radius 2 is 1.76 bits per heavy atom. The van der Waals surface area contributed by atoms with Crippen LogP contribution in [0.25, 0.3) is 0 Å². The molecule has 2 aromatic heterocycles. The fourth-order valence-electron chi connectivity index (χ4n) is 4.06. The van der Waals surface area contributed by atoms with Gasteiger partial charge in [-0.2, -0.15) is 5.10 Å². The minimum atomic E-state index is 0.0267. The van der Waals surface area contributed by atoms with Crippen molar-refractivity contribution in [3.05, 3.63) is 76.5 Å². The lowest BCUT2D eigenvalue weighted by molar-refractivity contribution is 0.229. The second kappa shape index (κ2) is 5.65. The van der Waals surface area contributed by atoms with Gasteiger partial charge in [0.2, 0.25) is 0 Å². The predicted octanol–water partition coefficient (Wildman–Crippen LogP) is 2.49. The number of hydrogen-bond acceptors (Lipinski definition) is 4. The highest BCUT2D eigenvalue weighted by Crippen LogP contribution is 2.42. The molecule has 1 aliphatic carbocycles. The van der Waals surface area contributed by atoms with Crippen LogP contribution in [0.1, 0.15) is 54.5 Å². The number of hydrogen-bond donors (Lipinski definition) is 0. The van der Waals surface area contributed by atoms with Crippen molar-refractivity contribution in [2.24, 2.45) is 0 Å². The lowest BCUT2D eigenvalue weighted by Gasteiger charge is -2.33. The summed E-state index contributed by atoms with van der Waals surface area (Å²) in [5.74, 6) is 2.12. The van der Waals surface area contributed by atoms with Gasteiger partial charge >= 0.3 is 5.69 Å². The third kappa shape index (κ3) is 2.32. The van der Waals surface area contributed by atoms with Gasteiger partial charge in [-0.05, 0) is 30.9 Å². The van der Waals surface area contributed by atoms with E-state index in [4.69, 9.17) is 0 Å². The van der Waals surface area contributed by atoms with E-state index in [-0.39, 0.29) is 17.8 Å². The van der Waals surface area contributed by atoms with Crippen molar-refractivity contribution in [3.8, 4) is 0 Å². The van der Waals surface area contributed by atoms with E-state index in [1.807, 2.05) is 28.8 Å². The van der Waals surface area contributed by atoms with Gasteiger partial charge in [0.05, 0.1) is 12.1 Å². The first kappa shape index (κ1) is 14.6. The smallest absolute Gasteiger partial charge is 0.271 e. The van der Waals surface area contributed by atoms with E-state index in [0.29, 0.717) is 5.92 Å². The molecule has 1 aromatic carbocycles. The van der Waals surface area contributed by atoms with E-state index in [9.17, 15) is 4.79 Å². The predicted molar refractivity (Wildman–Crippen MR) is 92.4 cm³/mol. The third-order valence-corrected chi connectivity index (χ3v) is 5.45. The molecule has 126 valence electrons. The van der Waals surface area contributed by atoms with Crippen LogP contribution >= 0.6 is 0 Å². The maximum absolute atomic E-state index is 13.0. The molecule has 0 unspecified atom stereocenters. The summed E-state index contributed by atoms with van der Waals surface area (Å²) in [4.78, 5) is 21.6. The molecule has 0 radical (unpaired) electrons. The van der Waals surface area contributed by atoms with Crippen molar-refractivity contribution in [2.45, 2.75) is 43.7 Å². The maximum Gasteiger partial charge on any atom is 0.346 e. The molecule has 0 N–H and O–H groups in total. The lowest BCUT2D eigenvalue weighted by atomic mass is 9.80. The van der Waals surface area contributed by atoms with Crippen LogP contribution in [0.5, 0.6) is 0 Å². The molecular formula is C19H19N5O. The van der Waals surface area contributed by atoms with Crippen molar-refractivity contribution in [1.29, 1.82) is 0 Å². The van der Waals surface area contributed by atoms with Crippen LogP contribution in [-0.4, -0.2) is 24.3 Å². The summed E-state index contributed by atoms with van der Waals surface area (Å²) >= 11 is 0. The lowest BCUT2D eigenvalue weighted by Crippen LogP contribution is -2.36. The Kier molecular flexibility index (Phi) is 3.29. The van der Waals surface area contributed by atoms with Crippen molar-refractivity contribution < 1.29 is 0 Å². The topological polar surface area (TPSA) is 65.6 Å². The molecule has 3 aromatic rings. The molecule has 0 bridgehead atoms. The van der Waals surface area contributed by atoms with Gasteiger partial charge in [0.15, 0.2) is 0 Å². The largest absolute Gasteiger partial charge is 0.346 e. The van der Waals surface area contributed by atoms with Gasteiger partial charge in [-0.3, -0.25) is 4.57 Å². The number of nitrogens with zero attached hydrogens (tertiary/aromatic N) is 5. The second-order valence-electron chi connectivity index (χ2n) is 6.91. The molecule has 0 amide bonds. The Morgan fingerprint density at radius 1 is 1.00 bits per heavy atom. The summed E-state index contributed by atoms with van der Waals surface area (Å²) in [5.41, 5.74) is 1.21. The SMILES string of the molecule is O=c1n(C2CC(c3ncccn3)C2)nc2n1[C@H](c1ccccc1)CC2. The standard InChI is InChI=1S/C19H19N5O/c25-19-23-16(13-5-2-1-3-6-13)7-8-17(23)22-24(19)15-11-14(12-15)18-20-9-4-10-21-18/h1-6,9-10,14-16H,7-8,11-12H2/t14?,15?,16-/m0/s1. The van der Waals surface area contributed by atoms with Crippen LogP contribution in [0, 0.1) is 0 Å². The van der Waals surface area contributed by atoms with E-state index in [1.54, 1.807) is 17.1 Å². The number of aryl methyl sites for hydroxylation is 1. The average Bonchev–Trinajstić information content (AvgIpc) is 3.17. The van der Waals surface area contributed by atoms with Gasteiger partial charge in [-0.1, -0.05) is 30.3 Å². The number of fused-ring (bicyclic) bond motifs is 1. The van der Waals surface area contributed by atoms with E-state index < -0.39 is 0 Å². The Balaban J connectivity index is 1.40. The average molecular weight is 333 g/mol. The molecule has 0 spiro atoms. The molecule has 25 heavy (non-hydrogen) atoms. The molecule has 0 saturated heterocycles. The van der Waals surface area contributed by atoms with E-state index in [2.05, 4.69) is 27.2 Å². The Labute approximate surface area is 145 Å². The van der Waals surface area contributed by atoms with Gasteiger partial charge in [-0.15, -0.1) is 0 Å². The zero-order valence-corrected chi connectivity index (χ0v) is 13.8. The van der Waals surface area contributed by atoms with Crippen LogP contribution in [0.4, 0.5) is 0 Å². The van der Waals surface area contributed by atoms with Crippen molar-refractivity contribution in [2.75, 3.05) is 0 Å². The molecule has 6 heteroatoms. The van der Waals surface area contributed by atoms with Gasteiger partial charge in [0.1, 0.15) is 11.6 Å². The fraction of sp³-hybridized carbons (Fsp3) is 0.368. The summed E-state index contributed by atoms with van der Waals surface area (Å²) in [6.07, 6.45) is 7.13. The highest BCUT2D eigenvalue weighted by atomic mass is 16.2. The van der Waals surface area contributed by atoms with E-state index >= 15 is 0 Å². The minimum Gasteiger partial charge on any atom is -0.271 e. The highest BCUT2D eigenvalue weighted by molar-refractivity contribution is 5.23. The summed E-state index contributed by atoms with van der Waals surface area (Å²) in [7, 11) is 0. The Morgan fingerprint density at radius 3 is 2.52 bits per heavy atom. The molecule has 3 heterocycles. The molecule has 5 rings (SSSR count). The molecule has 1 saturated carbocycles. The molecule has 1 aliphatic heterocycles. The van der Waals surface area contributed by atoms with Crippen molar-refractivity contribution in [3.63, 3.8) is 0 Å². The first-order chi connectivity index (χ1) is 12.3. The molecular weight excluding hydrogens is 314 g/mol. The zero-order valence-electron chi connectivity index (χ0n) is 13.8. The fourth-order valence-corrected chi connectivity index (χ4v) is 4.06. The monoisotopic (exact) mass is 333 g/mol. The summed E-state index contributed by atoms with van der Waals surface area (Å²) in [6.45, 7) is 0. The van der Waals surface area contributed by atoms with Crippen LogP contribution in [0.3, 0.4) is 0 Å². The van der Waals surface area contributed by atoms with Gasteiger partial charge in [0.25, 0.3) is 0 Å². The van der Waals surface area contributed by atoms with E-state index in [1.165, 1.54) is 5.56 Å². The minimum absolute atomic E-state index is 0.0267. The third-order valence-electron chi connectivity index (χ3n) is 5.45. The van der Waals surface area contributed by atoms with Gasteiger partial charge in [-0.25, -0.2) is 19.4 Å². The maximum atomic E-state index is 13.0. The first-order valence-electron chi connectivity index (χ1n) is 8.83. The summed E-state index contributed by atoms with van der Waals surface area (Å²) in [6, 6.07) is 12.4. The van der Waals surface area contributed by atoms with Crippen LogP contribution in [-0.2, 0) is 6.42 Å². The second-order valence-corrected chi connectivity index (χ2v) is 6.91. The molecule has 2 aliphatic rings. The highest BCUT2D eigenvalue weighted by Gasteiger charge is 2.38. The first-order valence-corrected chi connectivity index (χ1v) is 8.83. The number of benzene rings is 1.